The van der Waals surface area contributed by atoms with Crippen LogP contribution in [-0.4, -0.2) is 106 Å². The first kappa shape index (κ1) is 30.7. The van der Waals surface area contributed by atoms with Crippen molar-refractivity contribution in [1.82, 2.24) is 29.8 Å². The molecular formula is C36H47N7O3. The quantitative estimate of drug-likeness (QED) is 0.397. The van der Waals surface area contributed by atoms with Crippen LogP contribution in [-0.2, 0) is 22.4 Å². The molecule has 4 aliphatic heterocycles. The molecule has 1 aromatic heterocycles. The summed E-state index contributed by atoms with van der Waals surface area (Å²) in [4.78, 5) is 49.5. The van der Waals surface area contributed by atoms with E-state index in [0.717, 1.165) is 72.9 Å². The molecule has 0 saturated carbocycles. The van der Waals surface area contributed by atoms with Crippen LogP contribution in [0.15, 0.2) is 48.7 Å². The van der Waals surface area contributed by atoms with E-state index in [2.05, 4.69) is 32.5 Å². The van der Waals surface area contributed by atoms with E-state index in [9.17, 15) is 14.4 Å². The van der Waals surface area contributed by atoms with Gasteiger partial charge >= 0.3 is 6.03 Å². The first-order valence-electron chi connectivity index (χ1n) is 17.4. The Labute approximate surface area is 271 Å². The van der Waals surface area contributed by atoms with Crippen molar-refractivity contribution in [2.45, 2.75) is 76.3 Å². The van der Waals surface area contributed by atoms with Crippen LogP contribution in [0.3, 0.4) is 0 Å². The summed E-state index contributed by atoms with van der Waals surface area (Å²) in [5.41, 5.74) is 4.06. The van der Waals surface area contributed by atoms with Crippen LogP contribution >= 0.6 is 0 Å². The fourth-order valence-electron chi connectivity index (χ4n) is 8.15. The molecule has 4 aliphatic rings. The Kier molecular flexibility index (Phi) is 9.23. The van der Waals surface area contributed by atoms with E-state index in [1.54, 1.807) is 6.20 Å². The van der Waals surface area contributed by atoms with Gasteiger partial charge in [-0.05, 0) is 93.8 Å². The van der Waals surface area contributed by atoms with Gasteiger partial charge in [0.1, 0.15) is 0 Å². The molecule has 1 atom stereocenters. The van der Waals surface area contributed by atoms with E-state index < -0.39 is 5.92 Å². The molecule has 10 heteroatoms. The monoisotopic (exact) mass is 625 g/mol. The van der Waals surface area contributed by atoms with Crippen LogP contribution in [0.4, 0.5) is 10.5 Å². The van der Waals surface area contributed by atoms with Crippen molar-refractivity contribution in [2.24, 2.45) is 5.92 Å². The fourth-order valence-corrected chi connectivity index (χ4v) is 8.15. The summed E-state index contributed by atoms with van der Waals surface area (Å²) in [5.74, 6) is -0.262. The number of H-pyrrole nitrogens is 1. The number of benzene rings is 2. The third-order valence-corrected chi connectivity index (χ3v) is 10.8. The predicted molar refractivity (Wildman–Crippen MR) is 178 cm³/mol. The van der Waals surface area contributed by atoms with Crippen molar-refractivity contribution < 1.29 is 14.4 Å². The molecule has 244 valence electrons. The highest BCUT2D eigenvalue weighted by atomic mass is 16.2. The molecule has 0 bridgehead atoms. The van der Waals surface area contributed by atoms with Gasteiger partial charge in [-0.1, -0.05) is 30.7 Å². The van der Waals surface area contributed by atoms with Gasteiger partial charge in [0.15, 0.2) is 0 Å². The number of carbonyl (C=O) groups is 3. The lowest BCUT2D eigenvalue weighted by Crippen LogP contribution is -2.51. The third kappa shape index (κ3) is 6.77. The number of urea groups is 1. The number of fused-ring (bicyclic) bond motifs is 2. The Hall–Kier alpha value is -3.92. The third-order valence-electron chi connectivity index (χ3n) is 10.8. The summed E-state index contributed by atoms with van der Waals surface area (Å²) in [6.07, 6.45) is 10.8. The molecule has 5 heterocycles. The molecule has 2 N–H and O–H groups in total. The molecule has 3 aromatic rings. The number of hydrogen-bond acceptors (Lipinski definition) is 5. The summed E-state index contributed by atoms with van der Waals surface area (Å²) in [6, 6.07) is 14.7. The molecule has 3 saturated heterocycles. The Balaban J connectivity index is 0.986. The number of anilines is 1. The number of nitrogens with zero attached hydrogens (tertiary/aromatic N) is 5. The van der Waals surface area contributed by atoms with E-state index in [4.69, 9.17) is 0 Å². The van der Waals surface area contributed by atoms with E-state index in [1.165, 1.54) is 32.4 Å². The van der Waals surface area contributed by atoms with Crippen LogP contribution in [0.1, 0.15) is 62.5 Å². The average molecular weight is 626 g/mol. The first-order chi connectivity index (χ1) is 22.5. The number of rotatable bonds is 7. The molecule has 4 amide bonds. The zero-order chi connectivity index (χ0) is 31.5. The molecule has 46 heavy (non-hydrogen) atoms. The zero-order valence-corrected chi connectivity index (χ0v) is 26.8. The van der Waals surface area contributed by atoms with Crippen LogP contribution in [0.25, 0.3) is 10.9 Å². The van der Waals surface area contributed by atoms with E-state index in [-0.39, 0.29) is 30.3 Å². The Morgan fingerprint density at radius 1 is 0.848 bits per heavy atom. The van der Waals surface area contributed by atoms with Gasteiger partial charge in [-0.2, -0.15) is 5.10 Å². The van der Waals surface area contributed by atoms with Crippen molar-refractivity contribution in [3.8, 4) is 0 Å². The van der Waals surface area contributed by atoms with Crippen LogP contribution in [0.5, 0.6) is 0 Å². The Morgan fingerprint density at radius 3 is 2.39 bits per heavy atom. The molecule has 7 rings (SSSR count). The second kappa shape index (κ2) is 13.8. The maximum atomic E-state index is 14.1. The maximum Gasteiger partial charge on any atom is 0.322 e. The molecule has 0 aliphatic carbocycles. The molecule has 1 unspecified atom stereocenters. The number of hydrogen-bond donors (Lipinski definition) is 2. The number of aromatic nitrogens is 2. The van der Waals surface area contributed by atoms with Gasteiger partial charge in [0.25, 0.3) is 0 Å². The van der Waals surface area contributed by atoms with Crippen molar-refractivity contribution in [2.75, 3.05) is 51.1 Å². The molecule has 0 spiro atoms. The second-order valence-corrected chi connectivity index (χ2v) is 13.7. The van der Waals surface area contributed by atoms with Gasteiger partial charge in [-0.3, -0.25) is 14.7 Å². The number of carbonyl (C=O) groups excluding carboxylic acids is 3. The highest BCUT2D eigenvalue weighted by Crippen LogP contribution is 2.28. The zero-order valence-electron chi connectivity index (χ0n) is 26.8. The van der Waals surface area contributed by atoms with Gasteiger partial charge in [0, 0.05) is 62.3 Å². The summed E-state index contributed by atoms with van der Waals surface area (Å²) in [5, 5.41) is 11.2. The van der Waals surface area contributed by atoms with E-state index in [1.807, 2.05) is 45.0 Å². The van der Waals surface area contributed by atoms with Gasteiger partial charge in [-0.25, -0.2) is 4.79 Å². The number of piperidine rings is 3. The lowest BCUT2D eigenvalue weighted by atomic mass is 9.91. The van der Waals surface area contributed by atoms with Crippen molar-refractivity contribution >= 4 is 34.4 Å². The normalized spacial score (nSPS) is 21.1. The Morgan fingerprint density at radius 2 is 1.59 bits per heavy atom. The molecule has 3 fully saturated rings. The molecule has 2 aromatic carbocycles. The Bertz CT molecular complexity index is 1530. The highest BCUT2D eigenvalue weighted by Gasteiger charge is 2.35. The van der Waals surface area contributed by atoms with Crippen LogP contribution < -0.4 is 5.32 Å². The summed E-state index contributed by atoms with van der Waals surface area (Å²) >= 11 is 0. The number of likely N-dealkylation sites (tertiary alicyclic amines) is 3. The number of para-hydroxylation sites is 1. The highest BCUT2D eigenvalue weighted by molar-refractivity contribution is 5.91. The predicted octanol–water partition coefficient (Wildman–Crippen LogP) is 4.67. The van der Waals surface area contributed by atoms with E-state index in [0.29, 0.717) is 32.1 Å². The summed E-state index contributed by atoms with van der Waals surface area (Å²) in [6.45, 7) is 5.76. The minimum Gasteiger partial charge on any atom is -0.343 e. The van der Waals surface area contributed by atoms with Crippen molar-refractivity contribution in [3.05, 3.63) is 59.8 Å². The van der Waals surface area contributed by atoms with E-state index >= 15 is 0 Å². The molecular weight excluding hydrogens is 578 g/mol. The molecule has 10 nitrogen and oxygen atoms in total. The minimum absolute atomic E-state index is 0.0390. The summed E-state index contributed by atoms with van der Waals surface area (Å²) < 4.78 is 0. The van der Waals surface area contributed by atoms with Gasteiger partial charge in [-0.15, -0.1) is 0 Å². The van der Waals surface area contributed by atoms with Crippen molar-refractivity contribution in [3.63, 3.8) is 0 Å². The summed E-state index contributed by atoms with van der Waals surface area (Å²) in [7, 11) is 0. The lowest BCUT2D eigenvalue weighted by Gasteiger charge is -2.41. The average Bonchev–Trinajstić information content (AvgIpc) is 3.50. The van der Waals surface area contributed by atoms with Gasteiger partial charge in [0.2, 0.25) is 11.8 Å². The maximum absolute atomic E-state index is 14.1. The topological polar surface area (TPSA) is 105 Å². The SMILES string of the molecule is O=C(CC(Cc1ccc2[nH]ncc2c1)C(=O)N1CCC(N2CCCCC2)CC1)N1CCC(N2CCc3ccccc3NC2=O)CC1. The largest absolute Gasteiger partial charge is 0.343 e. The van der Waals surface area contributed by atoms with Crippen molar-refractivity contribution in [1.29, 1.82) is 0 Å². The van der Waals surface area contributed by atoms with Crippen LogP contribution in [0, 0.1) is 5.92 Å². The number of aromatic amines is 1. The molecule has 0 radical (unpaired) electrons. The van der Waals surface area contributed by atoms with Crippen LogP contribution in [0.2, 0.25) is 0 Å². The number of amides is 4. The van der Waals surface area contributed by atoms with Gasteiger partial charge in [0.05, 0.1) is 17.6 Å². The minimum atomic E-state index is -0.406. The second-order valence-electron chi connectivity index (χ2n) is 13.7. The first-order valence-corrected chi connectivity index (χ1v) is 17.4. The fraction of sp³-hybridized carbons (Fsp3) is 0.556. The van der Waals surface area contributed by atoms with Gasteiger partial charge < -0.3 is 24.9 Å². The number of nitrogens with one attached hydrogen (secondary N) is 2. The lowest BCUT2D eigenvalue weighted by molar-refractivity contribution is -0.143. The standard InChI is InChI=1S/C36H47N7O3/c44-34(41-17-13-31(14-18-41)43-21-10-27-6-2-3-7-32(27)38-36(43)46)24-28(22-26-8-9-33-29(23-26)25-37-39-33)35(45)42-19-11-30(12-20-42)40-15-4-1-5-16-40/h2-3,6-9,23,25,28,30-31H,1,4-5,10-22,24H2,(H,37,39)(H,38,46). The smallest absolute Gasteiger partial charge is 0.322 e.